The minimum absolute atomic E-state index is 0.961. The maximum absolute atomic E-state index is 4.98. The molecule has 0 spiro atoms. The predicted molar refractivity (Wildman–Crippen MR) is 167 cm³/mol. The minimum Gasteiger partial charge on any atom is -0.327 e. The van der Waals surface area contributed by atoms with Crippen LogP contribution in [0.4, 0.5) is 0 Å². The predicted octanol–water partition coefficient (Wildman–Crippen LogP) is 9.13. The number of hydrogen-bond acceptors (Lipinski definition) is 3. The number of imidazole rings is 1. The van der Waals surface area contributed by atoms with Gasteiger partial charge in [-0.25, -0.2) is 4.98 Å². The second kappa shape index (κ2) is 9.04. The summed E-state index contributed by atoms with van der Waals surface area (Å²) in [7, 11) is 2.09. The van der Waals surface area contributed by atoms with E-state index >= 15 is 0 Å². The van der Waals surface area contributed by atoms with Gasteiger partial charge in [-0.05, 0) is 64.9 Å². The van der Waals surface area contributed by atoms with Crippen molar-refractivity contribution in [2.75, 3.05) is 0 Å². The van der Waals surface area contributed by atoms with E-state index < -0.39 is 0 Å². The molecule has 0 aliphatic heterocycles. The van der Waals surface area contributed by atoms with Gasteiger partial charge in [-0.3, -0.25) is 4.98 Å². The zero-order chi connectivity index (χ0) is 26.6. The van der Waals surface area contributed by atoms with Crippen LogP contribution in [-0.2, 0) is 7.05 Å². The van der Waals surface area contributed by atoms with E-state index in [2.05, 4.69) is 124 Å². The van der Waals surface area contributed by atoms with Crippen molar-refractivity contribution in [3.8, 4) is 39.5 Å². The van der Waals surface area contributed by atoms with Crippen molar-refractivity contribution in [3.05, 3.63) is 126 Å². The number of fused-ring (bicyclic) bond motifs is 4. The Morgan fingerprint density at radius 3 is 2.38 bits per heavy atom. The summed E-state index contributed by atoms with van der Waals surface area (Å²) in [6, 6.07) is 38.7. The largest absolute Gasteiger partial charge is 0.327 e. The van der Waals surface area contributed by atoms with Crippen LogP contribution in [0, 0.1) is 0 Å². The van der Waals surface area contributed by atoms with Crippen molar-refractivity contribution < 1.29 is 0 Å². The van der Waals surface area contributed by atoms with E-state index in [1.807, 2.05) is 18.3 Å². The van der Waals surface area contributed by atoms with Crippen LogP contribution in [0.2, 0.25) is 0 Å². The molecule has 4 heterocycles. The molecule has 5 heteroatoms. The molecular weight excluding hydrogens is 508 g/mol. The van der Waals surface area contributed by atoms with Crippen LogP contribution >= 0.6 is 11.3 Å². The summed E-state index contributed by atoms with van der Waals surface area (Å²) in [4.78, 5) is 9.80. The lowest BCUT2D eigenvalue weighted by molar-refractivity contribution is 0.959. The first-order valence-electron chi connectivity index (χ1n) is 13.3. The molecule has 0 N–H and O–H groups in total. The molecule has 40 heavy (non-hydrogen) atoms. The molecule has 190 valence electrons. The highest BCUT2D eigenvalue weighted by Crippen LogP contribution is 2.37. The second-order valence-electron chi connectivity index (χ2n) is 10.0. The third kappa shape index (κ3) is 3.52. The Morgan fingerprint density at radius 1 is 0.650 bits per heavy atom. The van der Waals surface area contributed by atoms with Gasteiger partial charge in [0, 0.05) is 46.4 Å². The number of rotatable bonds is 4. The minimum atomic E-state index is 0.961. The van der Waals surface area contributed by atoms with E-state index in [1.54, 1.807) is 11.3 Å². The molecule has 0 amide bonds. The summed E-state index contributed by atoms with van der Waals surface area (Å²) in [5.74, 6) is 0.961. The van der Waals surface area contributed by atoms with Crippen LogP contribution in [0.25, 0.3) is 72.3 Å². The summed E-state index contributed by atoms with van der Waals surface area (Å²) >= 11 is 1.71. The normalized spacial score (nSPS) is 11.6. The lowest BCUT2D eigenvalue weighted by atomic mass is 10.0. The fourth-order valence-corrected chi connectivity index (χ4v) is 6.53. The molecule has 0 radical (unpaired) electrons. The lowest BCUT2D eigenvalue weighted by Gasteiger charge is -2.12. The SMILES string of the molecule is Cn1c(-c2ccc3c4ccccc4n(-c4cccc(-c5ncccc5-c5ccsc5)c4)c3c2)nc2ccccc21. The summed E-state index contributed by atoms with van der Waals surface area (Å²) in [5, 5.41) is 6.75. The molecule has 0 saturated heterocycles. The highest BCUT2D eigenvalue weighted by Gasteiger charge is 2.17. The van der Waals surface area contributed by atoms with Crippen LogP contribution < -0.4 is 0 Å². The maximum Gasteiger partial charge on any atom is 0.140 e. The van der Waals surface area contributed by atoms with Gasteiger partial charge in [0.05, 0.1) is 27.8 Å². The van der Waals surface area contributed by atoms with E-state index in [-0.39, 0.29) is 0 Å². The maximum atomic E-state index is 4.98. The van der Waals surface area contributed by atoms with Gasteiger partial charge in [-0.15, -0.1) is 0 Å². The summed E-state index contributed by atoms with van der Waals surface area (Å²) < 4.78 is 4.55. The molecule has 8 aromatic rings. The Hall–Kier alpha value is -5.00. The first-order chi connectivity index (χ1) is 19.8. The van der Waals surface area contributed by atoms with Crippen LogP contribution in [0.5, 0.6) is 0 Å². The van der Waals surface area contributed by atoms with Gasteiger partial charge >= 0.3 is 0 Å². The average Bonchev–Trinajstić information content (AvgIpc) is 3.74. The zero-order valence-corrected chi connectivity index (χ0v) is 22.6. The molecular formula is C35H24N4S. The monoisotopic (exact) mass is 532 g/mol. The Labute approximate surface area is 235 Å². The second-order valence-corrected chi connectivity index (χ2v) is 10.8. The van der Waals surface area contributed by atoms with E-state index in [4.69, 9.17) is 9.97 Å². The molecule has 4 aromatic heterocycles. The molecule has 0 bridgehead atoms. The Kier molecular flexibility index (Phi) is 5.18. The standard InChI is InChI=1S/C35H24N4S/c1-38-32-14-5-3-12-30(32)37-35(38)24-15-16-29-28-10-2-4-13-31(28)39(33(29)21-24)26-9-6-8-23(20-26)34-27(11-7-18-36-34)25-17-19-40-22-25/h2-22H,1H3. The number of benzene rings is 4. The van der Waals surface area contributed by atoms with Crippen LogP contribution in [-0.4, -0.2) is 19.1 Å². The third-order valence-electron chi connectivity index (χ3n) is 7.74. The van der Waals surface area contributed by atoms with Crippen molar-refractivity contribution >= 4 is 44.2 Å². The van der Waals surface area contributed by atoms with Crippen LogP contribution in [0.3, 0.4) is 0 Å². The molecule has 4 aromatic carbocycles. The molecule has 0 saturated carbocycles. The van der Waals surface area contributed by atoms with Gasteiger partial charge in [0.2, 0.25) is 0 Å². The van der Waals surface area contributed by atoms with Gasteiger partial charge in [0.15, 0.2) is 0 Å². The molecule has 0 aliphatic rings. The van der Waals surface area contributed by atoms with E-state index in [9.17, 15) is 0 Å². The molecule has 8 rings (SSSR count). The average molecular weight is 533 g/mol. The number of para-hydroxylation sites is 3. The fraction of sp³-hybridized carbons (Fsp3) is 0.0286. The van der Waals surface area contributed by atoms with E-state index in [0.717, 1.165) is 50.4 Å². The smallest absolute Gasteiger partial charge is 0.140 e. The summed E-state index contributed by atoms with van der Waals surface area (Å²) in [5.41, 5.74) is 11.1. The lowest BCUT2D eigenvalue weighted by Crippen LogP contribution is -1.96. The number of hydrogen-bond donors (Lipinski definition) is 0. The fourth-order valence-electron chi connectivity index (χ4n) is 5.87. The van der Waals surface area contributed by atoms with Crippen molar-refractivity contribution in [3.63, 3.8) is 0 Å². The quantitative estimate of drug-likeness (QED) is 0.227. The first kappa shape index (κ1) is 22.9. The number of nitrogens with zero attached hydrogens (tertiary/aromatic N) is 4. The van der Waals surface area contributed by atoms with Gasteiger partial charge < -0.3 is 9.13 Å². The van der Waals surface area contributed by atoms with Crippen LogP contribution in [0.1, 0.15) is 0 Å². The Bertz CT molecular complexity index is 2180. The summed E-state index contributed by atoms with van der Waals surface area (Å²) in [6.45, 7) is 0. The molecule has 0 aliphatic carbocycles. The molecule has 4 nitrogen and oxygen atoms in total. The number of aromatic nitrogens is 4. The van der Waals surface area contributed by atoms with E-state index in [1.165, 1.54) is 21.9 Å². The van der Waals surface area contributed by atoms with Crippen molar-refractivity contribution in [1.29, 1.82) is 0 Å². The number of thiophene rings is 1. The number of aryl methyl sites for hydroxylation is 1. The highest BCUT2D eigenvalue weighted by molar-refractivity contribution is 7.08. The van der Waals surface area contributed by atoms with Gasteiger partial charge in [0.1, 0.15) is 5.82 Å². The Morgan fingerprint density at radius 2 is 1.50 bits per heavy atom. The van der Waals surface area contributed by atoms with Crippen molar-refractivity contribution in [2.24, 2.45) is 7.05 Å². The molecule has 0 fully saturated rings. The van der Waals surface area contributed by atoms with Crippen molar-refractivity contribution in [2.45, 2.75) is 0 Å². The topological polar surface area (TPSA) is 35.6 Å². The Balaban J connectivity index is 1.36. The third-order valence-corrected chi connectivity index (χ3v) is 8.42. The number of pyridine rings is 1. The summed E-state index contributed by atoms with van der Waals surface area (Å²) in [6.07, 6.45) is 1.88. The first-order valence-corrected chi connectivity index (χ1v) is 14.2. The molecule has 0 atom stereocenters. The van der Waals surface area contributed by atoms with Crippen LogP contribution in [0.15, 0.2) is 126 Å². The van der Waals surface area contributed by atoms with Crippen molar-refractivity contribution in [1.82, 2.24) is 19.1 Å². The highest BCUT2D eigenvalue weighted by atomic mass is 32.1. The van der Waals surface area contributed by atoms with Gasteiger partial charge in [-0.1, -0.05) is 60.7 Å². The van der Waals surface area contributed by atoms with Gasteiger partial charge in [0.25, 0.3) is 0 Å². The molecule has 0 unspecified atom stereocenters. The zero-order valence-electron chi connectivity index (χ0n) is 21.8. The van der Waals surface area contributed by atoms with Gasteiger partial charge in [-0.2, -0.15) is 11.3 Å². The van der Waals surface area contributed by atoms with E-state index in [0.29, 0.717) is 0 Å².